The number of aliphatic hydroxyl groups excluding tert-OH is 1. The van der Waals surface area contributed by atoms with Crippen molar-refractivity contribution in [3.63, 3.8) is 0 Å². The average molecular weight is 456 g/mol. The van der Waals surface area contributed by atoms with E-state index in [2.05, 4.69) is 19.9 Å². The van der Waals surface area contributed by atoms with E-state index in [1.54, 1.807) is 30.7 Å². The quantitative estimate of drug-likeness (QED) is 0.483. The summed E-state index contributed by atoms with van der Waals surface area (Å²) in [6.07, 6.45) is 8.86. The highest BCUT2D eigenvalue weighted by Gasteiger charge is 2.28. The van der Waals surface area contributed by atoms with E-state index in [1.807, 2.05) is 11.8 Å². The Morgan fingerprint density at radius 1 is 1.06 bits per heavy atom. The molecule has 0 aliphatic carbocycles. The molecule has 0 radical (unpaired) electrons. The van der Waals surface area contributed by atoms with Gasteiger partial charge in [-0.2, -0.15) is 4.39 Å². The molecule has 2 aromatic heterocycles. The Balaban J connectivity index is 1.50. The van der Waals surface area contributed by atoms with Crippen LogP contribution in [0.2, 0.25) is 0 Å². The zero-order valence-corrected chi connectivity index (χ0v) is 18.5. The summed E-state index contributed by atoms with van der Waals surface area (Å²) in [5, 5.41) is 8.83. The van der Waals surface area contributed by atoms with Crippen LogP contribution in [0.4, 0.5) is 14.5 Å². The molecule has 9 heteroatoms. The highest BCUT2D eigenvalue weighted by molar-refractivity contribution is 5.55. The molecule has 0 fully saturated rings. The van der Waals surface area contributed by atoms with Crippen LogP contribution >= 0.6 is 0 Å². The molecule has 7 nitrogen and oxygen atoms in total. The van der Waals surface area contributed by atoms with Crippen molar-refractivity contribution in [1.82, 2.24) is 19.9 Å². The predicted octanol–water partition coefficient (Wildman–Crippen LogP) is 4.27. The molecule has 1 atom stereocenters. The number of nitrogens with zero attached hydrogens (tertiary/aromatic N) is 5. The van der Waals surface area contributed by atoms with Crippen LogP contribution in [0.5, 0.6) is 5.75 Å². The van der Waals surface area contributed by atoms with Gasteiger partial charge in [0.05, 0.1) is 18.3 Å². The van der Waals surface area contributed by atoms with E-state index in [1.165, 1.54) is 6.07 Å². The smallest absolute Gasteiger partial charge is 0.200 e. The molecule has 0 amide bonds. The molecule has 0 bridgehead atoms. The number of benzene rings is 1. The lowest BCUT2D eigenvalue weighted by molar-refractivity contribution is 0.268. The van der Waals surface area contributed by atoms with Gasteiger partial charge in [0, 0.05) is 61.5 Å². The summed E-state index contributed by atoms with van der Waals surface area (Å²) in [5.41, 5.74) is 2.38. The molecule has 1 N–H and O–H groups in total. The van der Waals surface area contributed by atoms with Gasteiger partial charge >= 0.3 is 0 Å². The zero-order valence-electron chi connectivity index (χ0n) is 18.5. The Kier molecular flexibility index (Phi) is 7.39. The summed E-state index contributed by atoms with van der Waals surface area (Å²) in [6.45, 7) is 3.03. The third kappa shape index (κ3) is 5.24. The molecule has 0 saturated heterocycles. The number of aromatic nitrogens is 4. The van der Waals surface area contributed by atoms with Crippen molar-refractivity contribution in [1.29, 1.82) is 0 Å². The first-order valence-electron chi connectivity index (χ1n) is 11.2. The molecule has 0 saturated carbocycles. The molecule has 1 aliphatic heterocycles. The van der Waals surface area contributed by atoms with Crippen molar-refractivity contribution in [2.75, 3.05) is 24.7 Å². The monoisotopic (exact) mass is 455 g/mol. The molecule has 1 aromatic carbocycles. The van der Waals surface area contributed by atoms with Crippen molar-refractivity contribution in [2.45, 2.75) is 45.1 Å². The fraction of sp³-hybridized carbons (Fsp3) is 0.417. The summed E-state index contributed by atoms with van der Waals surface area (Å²) in [7, 11) is 0. The largest absolute Gasteiger partial charge is 0.490 e. The Bertz CT molecular complexity index is 1080. The number of ether oxygens (including phenoxy) is 1. The normalized spacial score (nSPS) is 15.4. The van der Waals surface area contributed by atoms with Gasteiger partial charge in [0.25, 0.3) is 0 Å². The van der Waals surface area contributed by atoms with Gasteiger partial charge < -0.3 is 14.7 Å². The van der Waals surface area contributed by atoms with Gasteiger partial charge in [-0.05, 0) is 32.3 Å². The van der Waals surface area contributed by atoms with Crippen LogP contribution in [0, 0.1) is 11.6 Å². The second-order valence-corrected chi connectivity index (χ2v) is 8.01. The Morgan fingerprint density at radius 2 is 1.85 bits per heavy atom. The number of halogens is 2. The lowest BCUT2D eigenvalue weighted by Crippen LogP contribution is -2.35. The number of aliphatic hydroxyl groups is 1. The fourth-order valence-corrected chi connectivity index (χ4v) is 4.01. The maximum atomic E-state index is 14.4. The number of anilines is 1. The lowest BCUT2D eigenvalue weighted by Gasteiger charge is -2.36. The second kappa shape index (κ2) is 10.6. The van der Waals surface area contributed by atoms with Crippen LogP contribution in [0.1, 0.15) is 49.9 Å². The standard InChI is InChI=1S/C24H27F2N5O2/c1-16-18-15-29-24(23-27-8-6-9-28-23)30-20(18)7-10-31(16)17-13-19(25)22(26)21(14-17)33-12-5-3-2-4-11-32/h6,8-9,13-16,32H,2-5,7,10-12H2,1H3. The maximum Gasteiger partial charge on any atom is 0.200 e. The van der Waals surface area contributed by atoms with Gasteiger partial charge in [0.2, 0.25) is 5.82 Å². The third-order valence-corrected chi connectivity index (χ3v) is 5.79. The third-order valence-electron chi connectivity index (χ3n) is 5.79. The van der Waals surface area contributed by atoms with Crippen molar-refractivity contribution < 1.29 is 18.6 Å². The van der Waals surface area contributed by atoms with E-state index in [0.29, 0.717) is 43.3 Å². The number of rotatable bonds is 9. The molecular weight excluding hydrogens is 428 g/mol. The first-order valence-corrected chi connectivity index (χ1v) is 11.2. The van der Waals surface area contributed by atoms with E-state index < -0.39 is 11.6 Å². The van der Waals surface area contributed by atoms with E-state index in [4.69, 9.17) is 9.84 Å². The molecule has 33 heavy (non-hydrogen) atoms. The maximum absolute atomic E-state index is 14.4. The first kappa shape index (κ1) is 23.0. The molecule has 3 heterocycles. The second-order valence-electron chi connectivity index (χ2n) is 8.01. The Labute approximate surface area is 191 Å². The van der Waals surface area contributed by atoms with Crippen LogP contribution in [-0.4, -0.2) is 44.8 Å². The van der Waals surface area contributed by atoms with Crippen LogP contribution < -0.4 is 9.64 Å². The van der Waals surface area contributed by atoms with Gasteiger partial charge in [-0.3, -0.25) is 0 Å². The van der Waals surface area contributed by atoms with E-state index >= 15 is 0 Å². The molecule has 3 aromatic rings. The molecule has 0 spiro atoms. The average Bonchev–Trinajstić information content (AvgIpc) is 2.84. The molecule has 4 rings (SSSR count). The zero-order chi connectivity index (χ0) is 23.2. The molecule has 1 unspecified atom stereocenters. The van der Waals surface area contributed by atoms with Crippen molar-refractivity contribution in [3.05, 3.63) is 59.7 Å². The predicted molar refractivity (Wildman–Crippen MR) is 120 cm³/mol. The molecule has 1 aliphatic rings. The SMILES string of the molecule is CC1c2cnc(-c3ncccn3)nc2CCN1c1cc(F)c(F)c(OCCCCCCO)c1. The minimum absolute atomic E-state index is 0.0852. The number of fused-ring (bicyclic) bond motifs is 1. The summed E-state index contributed by atoms with van der Waals surface area (Å²) in [6, 6.07) is 4.37. The first-order chi connectivity index (χ1) is 16.1. The van der Waals surface area contributed by atoms with Gasteiger partial charge in [-0.1, -0.05) is 6.42 Å². The van der Waals surface area contributed by atoms with Crippen molar-refractivity contribution in [2.24, 2.45) is 0 Å². The van der Waals surface area contributed by atoms with E-state index in [9.17, 15) is 8.78 Å². The highest BCUT2D eigenvalue weighted by Crippen LogP contribution is 2.36. The van der Waals surface area contributed by atoms with E-state index in [0.717, 1.165) is 30.5 Å². The Hall–Kier alpha value is -3.20. The summed E-state index contributed by atoms with van der Waals surface area (Å²) >= 11 is 0. The van der Waals surface area contributed by atoms with Crippen LogP contribution in [-0.2, 0) is 6.42 Å². The Morgan fingerprint density at radius 3 is 2.64 bits per heavy atom. The van der Waals surface area contributed by atoms with Crippen LogP contribution in [0.25, 0.3) is 11.6 Å². The van der Waals surface area contributed by atoms with Crippen molar-refractivity contribution >= 4 is 5.69 Å². The fourth-order valence-electron chi connectivity index (χ4n) is 4.01. The molecular formula is C24H27F2N5O2. The number of unbranched alkanes of at least 4 members (excludes halogenated alkanes) is 3. The van der Waals surface area contributed by atoms with Crippen molar-refractivity contribution in [3.8, 4) is 17.4 Å². The summed E-state index contributed by atoms with van der Waals surface area (Å²) in [4.78, 5) is 19.5. The van der Waals surface area contributed by atoms with E-state index in [-0.39, 0.29) is 18.4 Å². The number of hydrogen-bond donors (Lipinski definition) is 1. The van der Waals surface area contributed by atoms with Gasteiger partial charge in [0.1, 0.15) is 0 Å². The minimum Gasteiger partial charge on any atom is -0.490 e. The summed E-state index contributed by atoms with van der Waals surface area (Å²) < 4.78 is 34.3. The topological polar surface area (TPSA) is 84.3 Å². The molecule has 174 valence electrons. The van der Waals surface area contributed by atoms with Gasteiger partial charge in [-0.15, -0.1) is 0 Å². The van der Waals surface area contributed by atoms with Gasteiger partial charge in [-0.25, -0.2) is 24.3 Å². The highest BCUT2D eigenvalue weighted by atomic mass is 19.2. The number of hydrogen-bond acceptors (Lipinski definition) is 7. The van der Waals surface area contributed by atoms with Crippen LogP contribution in [0.3, 0.4) is 0 Å². The van der Waals surface area contributed by atoms with Gasteiger partial charge in [0.15, 0.2) is 23.2 Å². The summed E-state index contributed by atoms with van der Waals surface area (Å²) in [5.74, 6) is -1.06. The lowest BCUT2D eigenvalue weighted by atomic mass is 9.98. The minimum atomic E-state index is -0.977. The van der Waals surface area contributed by atoms with Crippen LogP contribution in [0.15, 0.2) is 36.8 Å².